The summed E-state index contributed by atoms with van der Waals surface area (Å²) >= 11 is 0. The molecule has 0 aliphatic heterocycles. The van der Waals surface area contributed by atoms with Gasteiger partial charge in [-0.15, -0.1) is 0 Å². The predicted molar refractivity (Wildman–Crippen MR) is 123 cm³/mol. The Kier molecular flexibility index (Phi) is 5.67. The predicted octanol–water partition coefficient (Wildman–Crippen LogP) is 7.91. The Bertz CT molecular complexity index is 723. The second-order valence-corrected chi connectivity index (χ2v) is 11.9. The number of carbonyl (C=O) groups is 1. The van der Waals surface area contributed by atoms with Crippen LogP contribution in [0, 0.1) is 40.4 Å². The monoisotopic (exact) mass is 396 g/mol. The van der Waals surface area contributed by atoms with Crippen LogP contribution < -0.4 is 0 Å². The Morgan fingerprint density at radius 1 is 1.10 bits per heavy atom. The highest BCUT2D eigenvalue weighted by molar-refractivity contribution is 5.82. The van der Waals surface area contributed by atoms with Crippen molar-refractivity contribution < 1.29 is 4.79 Å². The van der Waals surface area contributed by atoms with Gasteiger partial charge in [0, 0.05) is 12.3 Å². The summed E-state index contributed by atoms with van der Waals surface area (Å²) in [6.07, 6.45) is 15.1. The van der Waals surface area contributed by atoms with E-state index in [9.17, 15) is 4.79 Å². The molecule has 0 bridgehead atoms. The van der Waals surface area contributed by atoms with Crippen molar-refractivity contribution >= 4 is 5.78 Å². The highest BCUT2D eigenvalue weighted by Crippen LogP contribution is 2.66. The summed E-state index contributed by atoms with van der Waals surface area (Å²) in [7, 11) is 0. The van der Waals surface area contributed by atoms with Crippen LogP contribution in [0.2, 0.25) is 0 Å². The summed E-state index contributed by atoms with van der Waals surface area (Å²) < 4.78 is 0. The maximum Gasteiger partial charge on any atom is 0.136 e. The molecule has 1 nitrogen and oxygen atoms in total. The standard InChI is InChI=1S/C28H44O/c1-18(2)8-7-9-19(3)22-12-13-24-21-10-11-23-20(4)26(29)15-17-28(23,6)25(21)14-16-27(22,24)5/h8,19-20,22-24H,7,9-17H2,1-6H3/t19-,20-,22-,23-,24-,27-,28+/m1/s1. The first-order valence-corrected chi connectivity index (χ1v) is 12.6. The van der Waals surface area contributed by atoms with Gasteiger partial charge in [0.05, 0.1) is 0 Å². The summed E-state index contributed by atoms with van der Waals surface area (Å²) in [6.45, 7) is 14.4. The molecule has 1 heteroatoms. The van der Waals surface area contributed by atoms with E-state index in [0.717, 1.165) is 30.6 Å². The fourth-order valence-corrected chi connectivity index (χ4v) is 8.54. The van der Waals surface area contributed by atoms with Crippen LogP contribution in [0.1, 0.15) is 106 Å². The normalized spacial score (nSPS) is 42.8. The van der Waals surface area contributed by atoms with Crippen molar-refractivity contribution in [3.05, 3.63) is 22.8 Å². The molecule has 2 fully saturated rings. The number of fused-ring (bicyclic) bond motifs is 4. The third-order valence-electron chi connectivity index (χ3n) is 10.2. The van der Waals surface area contributed by atoms with Crippen LogP contribution in [0.25, 0.3) is 0 Å². The van der Waals surface area contributed by atoms with Gasteiger partial charge >= 0.3 is 0 Å². The minimum absolute atomic E-state index is 0.280. The van der Waals surface area contributed by atoms with Crippen molar-refractivity contribution in [2.45, 2.75) is 106 Å². The van der Waals surface area contributed by atoms with Crippen LogP contribution in [0.3, 0.4) is 0 Å². The average molecular weight is 397 g/mol. The van der Waals surface area contributed by atoms with Crippen molar-refractivity contribution in [1.82, 2.24) is 0 Å². The Hall–Kier alpha value is -0.850. The van der Waals surface area contributed by atoms with Gasteiger partial charge in [0.25, 0.3) is 0 Å². The van der Waals surface area contributed by atoms with Crippen LogP contribution >= 0.6 is 0 Å². The second kappa shape index (κ2) is 7.69. The first-order valence-electron chi connectivity index (χ1n) is 12.6. The molecule has 0 aromatic rings. The number of ketones is 1. The number of allylic oxidation sites excluding steroid dienone is 4. The number of carbonyl (C=O) groups excluding carboxylic acids is 1. The number of Topliss-reactive ketones (excluding diaryl/α,β-unsaturated/α-hetero) is 1. The van der Waals surface area contributed by atoms with E-state index in [4.69, 9.17) is 0 Å². The molecule has 0 N–H and O–H groups in total. The lowest BCUT2D eigenvalue weighted by molar-refractivity contribution is -0.130. The molecular weight excluding hydrogens is 352 g/mol. The van der Waals surface area contributed by atoms with Gasteiger partial charge in [0.1, 0.15) is 5.78 Å². The van der Waals surface area contributed by atoms with Crippen molar-refractivity contribution in [2.75, 3.05) is 0 Å². The zero-order valence-corrected chi connectivity index (χ0v) is 19.9. The zero-order valence-electron chi connectivity index (χ0n) is 19.9. The van der Waals surface area contributed by atoms with E-state index in [1.807, 2.05) is 11.1 Å². The van der Waals surface area contributed by atoms with Crippen molar-refractivity contribution in [3.8, 4) is 0 Å². The summed E-state index contributed by atoms with van der Waals surface area (Å²) in [5.41, 5.74) is 5.99. The van der Waals surface area contributed by atoms with Crippen LogP contribution in [0.5, 0.6) is 0 Å². The lowest BCUT2D eigenvalue weighted by Gasteiger charge is -2.55. The van der Waals surface area contributed by atoms with Gasteiger partial charge in [-0.25, -0.2) is 0 Å². The molecule has 0 saturated heterocycles. The van der Waals surface area contributed by atoms with E-state index in [0.29, 0.717) is 22.5 Å². The molecule has 162 valence electrons. The van der Waals surface area contributed by atoms with Gasteiger partial charge in [0.2, 0.25) is 0 Å². The second-order valence-electron chi connectivity index (χ2n) is 11.9. The molecule has 2 saturated carbocycles. The van der Waals surface area contributed by atoms with Crippen molar-refractivity contribution in [2.24, 2.45) is 40.4 Å². The Labute approximate surface area is 179 Å². The Morgan fingerprint density at radius 3 is 2.59 bits per heavy atom. The van der Waals surface area contributed by atoms with Crippen molar-refractivity contribution in [1.29, 1.82) is 0 Å². The van der Waals surface area contributed by atoms with Gasteiger partial charge in [-0.1, -0.05) is 50.5 Å². The quantitative estimate of drug-likeness (QED) is 0.441. The molecule has 4 aliphatic carbocycles. The number of hydrogen-bond acceptors (Lipinski definition) is 1. The topological polar surface area (TPSA) is 17.1 Å². The van der Waals surface area contributed by atoms with E-state index < -0.39 is 0 Å². The van der Waals surface area contributed by atoms with Crippen molar-refractivity contribution in [3.63, 3.8) is 0 Å². The minimum atomic E-state index is 0.280. The maximum absolute atomic E-state index is 12.4. The zero-order chi connectivity index (χ0) is 21.0. The van der Waals surface area contributed by atoms with E-state index in [1.165, 1.54) is 56.9 Å². The molecular formula is C28H44O. The van der Waals surface area contributed by atoms with Gasteiger partial charge in [-0.2, -0.15) is 0 Å². The van der Waals surface area contributed by atoms with E-state index >= 15 is 0 Å². The van der Waals surface area contributed by atoms with Crippen LogP contribution in [0.4, 0.5) is 0 Å². The van der Waals surface area contributed by atoms with Crippen LogP contribution in [0.15, 0.2) is 22.8 Å². The van der Waals surface area contributed by atoms with Gasteiger partial charge in [-0.3, -0.25) is 4.79 Å². The fraction of sp³-hybridized carbons (Fsp3) is 0.821. The van der Waals surface area contributed by atoms with Crippen LogP contribution in [-0.2, 0) is 4.79 Å². The molecule has 0 spiro atoms. The molecule has 0 unspecified atom stereocenters. The average Bonchev–Trinajstić information content (AvgIpc) is 3.02. The first-order chi connectivity index (χ1) is 13.7. The summed E-state index contributed by atoms with van der Waals surface area (Å²) in [5.74, 6) is 3.97. The SMILES string of the molecule is CC(C)=CCC[C@@H](C)[C@H]1CC[C@@H]2C3=C(CC[C@@]21C)[C@@]1(C)CCC(=O)[C@H](C)[C@H]1CC3. The van der Waals surface area contributed by atoms with Gasteiger partial charge in [-0.05, 0) is 106 Å². The van der Waals surface area contributed by atoms with E-state index in [2.05, 4.69) is 47.6 Å². The van der Waals surface area contributed by atoms with Gasteiger partial charge < -0.3 is 0 Å². The summed E-state index contributed by atoms with van der Waals surface area (Å²) in [4.78, 5) is 12.4. The lowest BCUT2D eigenvalue weighted by Crippen LogP contribution is -2.47. The Balaban J connectivity index is 1.57. The third kappa shape index (κ3) is 3.39. The molecule has 0 amide bonds. The largest absolute Gasteiger partial charge is 0.299 e. The highest BCUT2D eigenvalue weighted by atomic mass is 16.1. The fourth-order valence-electron chi connectivity index (χ4n) is 8.54. The van der Waals surface area contributed by atoms with E-state index in [-0.39, 0.29) is 5.92 Å². The van der Waals surface area contributed by atoms with Crippen LogP contribution in [-0.4, -0.2) is 5.78 Å². The highest BCUT2D eigenvalue weighted by Gasteiger charge is 2.56. The molecule has 4 aliphatic rings. The summed E-state index contributed by atoms with van der Waals surface area (Å²) in [5, 5.41) is 0. The molecule has 4 rings (SSSR count). The molecule has 29 heavy (non-hydrogen) atoms. The molecule has 0 aromatic carbocycles. The van der Waals surface area contributed by atoms with Gasteiger partial charge in [0.15, 0.2) is 0 Å². The van der Waals surface area contributed by atoms with E-state index in [1.54, 1.807) is 0 Å². The molecule has 0 aromatic heterocycles. The third-order valence-corrected chi connectivity index (χ3v) is 10.2. The first kappa shape index (κ1) is 21.4. The number of rotatable bonds is 4. The number of hydrogen-bond donors (Lipinski definition) is 0. The Morgan fingerprint density at radius 2 is 1.86 bits per heavy atom. The molecule has 0 heterocycles. The molecule has 0 radical (unpaired) electrons. The minimum Gasteiger partial charge on any atom is -0.299 e. The smallest absolute Gasteiger partial charge is 0.136 e. The summed E-state index contributed by atoms with van der Waals surface area (Å²) in [6, 6.07) is 0. The molecule has 7 atom stereocenters. The lowest BCUT2D eigenvalue weighted by atomic mass is 9.49. The maximum atomic E-state index is 12.4.